The molecule has 1 aromatic carbocycles. The van der Waals surface area contributed by atoms with Crippen molar-refractivity contribution in [3.8, 4) is 5.75 Å². The Morgan fingerprint density at radius 3 is 2.62 bits per heavy atom. The summed E-state index contributed by atoms with van der Waals surface area (Å²) < 4.78 is 11.4. The van der Waals surface area contributed by atoms with Crippen LogP contribution in [0.1, 0.15) is 38.4 Å². The van der Waals surface area contributed by atoms with Crippen LogP contribution < -0.4 is 15.0 Å². The molecule has 2 aromatic rings. The third kappa shape index (κ3) is 5.03. The number of rotatable bonds is 5. The molecule has 2 aliphatic rings. The number of nitrogens with one attached hydrogen (secondary N) is 1. The first-order valence-corrected chi connectivity index (χ1v) is 10.9. The minimum atomic E-state index is -0.160. The van der Waals surface area contributed by atoms with Crippen LogP contribution in [0, 0.1) is 0 Å². The number of nitrogens with zero attached hydrogens (tertiary/aromatic N) is 2. The van der Waals surface area contributed by atoms with E-state index in [-0.39, 0.29) is 5.91 Å². The molecule has 0 saturated carbocycles. The predicted octanol–water partition coefficient (Wildman–Crippen LogP) is 4.95. The number of ether oxygens (including phenoxy) is 1. The van der Waals surface area contributed by atoms with Gasteiger partial charge in [0.15, 0.2) is 11.1 Å². The first kappa shape index (κ1) is 19.6. The Hall–Kier alpha value is -2.67. The molecule has 0 spiro atoms. The summed E-state index contributed by atoms with van der Waals surface area (Å²) in [7, 11) is 0. The van der Waals surface area contributed by atoms with E-state index in [2.05, 4.69) is 15.2 Å². The van der Waals surface area contributed by atoms with Crippen molar-refractivity contribution in [3.05, 3.63) is 47.1 Å². The van der Waals surface area contributed by atoms with E-state index in [0.717, 1.165) is 30.4 Å². The maximum atomic E-state index is 12.3. The van der Waals surface area contributed by atoms with Gasteiger partial charge in [0.05, 0.1) is 17.2 Å². The Bertz CT molecular complexity index is 910. The molecule has 2 fully saturated rings. The van der Waals surface area contributed by atoms with Crippen molar-refractivity contribution in [2.24, 2.45) is 4.99 Å². The zero-order valence-corrected chi connectivity index (χ0v) is 17.3. The fourth-order valence-electron chi connectivity index (χ4n) is 3.39. The molecular weight excluding hydrogens is 386 g/mol. The van der Waals surface area contributed by atoms with Crippen molar-refractivity contribution in [2.45, 2.75) is 32.6 Å². The Kier molecular flexibility index (Phi) is 6.24. The molecule has 29 heavy (non-hydrogen) atoms. The Labute approximate surface area is 175 Å². The van der Waals surface area contributed by atoms with E-state index in [1.165, 1.54) is 37.4 Å². The van der Waals surface area contributed by atoms with Gasteiger partial charge in [0.2, 0.25) is 0 Å². The number of hydrogen-bond donors (Lipinski definition) is 1. The molecule has 1 aromatic heterocycles. The molecule has 0 radical (unpaired) electrons. The van der Waals surface area contributed by atoms with Gasteiger partial charge in [-0.15, -0.1) is 0 Å². The summed E-state index contributed by atoms with van der Waals surface area (Å²) in [4.78, 5) is 19.7. The first-order valence-electron chi connectivity index (χ1n) is 10.1. The van der Waals surface area contributed by atoms with Crippen LogP contribution in [0.25, 0.3) is 6.08 Å². The second-order valence-corrected chi connectivity index (χ2v) is 8.02. The van der Waals surface area contributed by atoms with Gasteiger partial charge in [0.25, 0.3) is 5.91 Å². The highest BCUT2D eigenvalue weighted by Gasteiger charge is 2.24. The molecule has 0 aliphatic carbocycles. The predicted molar refractivity (Wildman–Crippen MR) is 118 cm³/mol. The van der Waals surface area contributed by atoms with E-state index >= 15 is 0 Å². The van der Waals surface area contributed by atoms with Gasteiger partial charge in [-0.2, -0.15) is 0 Å². The monoisotopic (exact) mass is 411 g/mol. The number of amides is 1. The molecule has 0 unspecified atom stereocenters. The smallest absolute Gasteiger partial charge is 0.264 e. The topological polar surface area (TPSA) is 67.1 Å². The minimum absolute atomic E-state index is 0.160. The van der Waals surface area contributed by atoms with E-state index in [9.17, 15) is 4.79 Å². The SMILES string of the molecule is CCOc1ccc(N=C2NC(=O)/C(=C\c3ccc(N4CCCCCC4)o3)S2)cc1. The highest BCUT2D eigenvalue weighted by molar-refractivity contribution is 8.18. The maximum absolute atomic E-state index is 12.3. The van der Waals surface area contributed by atoms with Gasteiger partial charge < -0.3 is 19.4 Å². The molecule has 0 atom stereocenters. The molecule has 2 aliphatic heterocycles. The number of benzene rings is 1. The summed E-state index contributed by atoms with van der Waals surface area (Å²) in [6.45, 7) is 4.62. The van der Waals surface area contributed by atoms with Crippen LogP contribution in [0.15, 0.2) is 50.7 Å². The summed E-state index contributed by atoms with van der Waals surface area (Å²) in [5, 5.41) is 3.37. The van der Waals surface area contributed by atoms with Gasteiger partial charge in [0, 0.05) is 25.2 Å². The summed E-state index contributed by atoms with van der Waals surface area (Å²) in [6.07, 6.45) is 6.73. The van der Waals surface area contributed by atoms with Gasteiger partial charge in [-0.25, -0.2) is 4.99 Å². The quantitative estimate of drug-likeness (QED) is 0.705. The van der Waals surface area contributed by atoms with E-state index < -0.39 is 0 Å². The molecule has 7 heteroatoms. The van der Waals surface area contributed by atoms with E-state index in [4.69, 9.17) is 9.15 Å². The standard InChI is InChI=1S/C22H25N3O3S/c1-2-27-17-9-7-16(8-10-17)23-22-24-21(26)19(29-22)15-18-11-12-20(28-18)25-13-5-3-4-6-14-25/h7-12,15H,2-6,13-14H2,1H3,(H,23,24,26)/b19-15+. The average Bonchev–Trinajstić information content (AvgIpc) is 3.20. The molecule has 0 bridgehead atoms. The summed E-state index contributed by atoms with van der Waals surface area (Å²) in [5.74, 6) is 2.21. The van der Waals surface area contributed by atoms with Crippen LogP contribution in [-0.4, -0.2) is 30.8 Å². The third-order valence-electron chi connectivity index (χ3n) is 4.83. The lowest BCUT2D eigenvalue weighted by molar-refractivity contribution is -0.115. The van der Waals surface area contributed by atoms with Crippen LogP contribution in [0.5, 0.6) is 5.75 Å². The molecule has 1 amide bonds. The molecule has 6 nitrogen and oxygen atoms in total. The van der Waals surface area contributed by atoms with Crippen LogP contribution in [-0.2, 0) is 4.79 Å². The molecule has 2 saturated heterocycles. The number of aliphatic imine (C=N–C) groups is 1. The summed E-state index contributed by atoms with van der Waals surface area (Å²) >= 11 is 1.32. The molecule has 4 rings (SSSR count). The minimum Gasteiger partial charge on any atom is -0.494 e. The number of carbonyl (C=O) groups is 1. The molecular formula is C22H25N3O3S. The lowest BCUT2D eigenvalue weighted by Crippen LogP contribution is -2.23. The number of anilines is 1. The zero-order valence-electron chi connectivity index (χ0n) is 16.5. The van der Waals surface area contributed by atoms with Crippen molar-refractivity contribution < 1.29 is 13.9 Å². The van der Waals surface area contributed by atoms with Crippen LogP contribution in [0.3, 0.4) is 0 Å². The Morgan fingerprint density at radius 1 is 1.14 bits per heavy atom. The average molecular weight is 412 g/mol. The van der Waals surface area contributed by atoms with E-state index in [0.29, 0.717) is 22.4 Å². The lowest BCUT2D eigenvalue weighted by atomic mass is 10.2. The van der Waals surface area contributed by atoms with Crippen molar-refractivity contribution in [1.29, 1.82) is 0 Å². The third-order valence-corrected chi connectivity index (χ3v) is 5.74. The summed E-state index contributed by atoms with van der Waals surface area (Å²) in [6, 6.07) is 11.4. The van der Waals surface area contributed by atoms with E-state index in [1.807, 2.05) is 43.3 Å². The number of hydrogen-bond acceptors (Lipinski definition) is 6. The van der Waals surface area contributed by atoms with Gasteiger partial charge in [-0.1, -0.05) is 12.8 Å². The van der Waals surface area contributed by atoms with Crippen molar-refractivity contribution in [3.63, 3.8) is 0 Å². The van der Waals surface area contributed by atoms with Crippen molar-refractivity contribution in [2.75, 3.05) is 24.6 Å². The normalized spacial score (nSPS) is 20.2. The number of carbonyl (C=O) groups excluding carboxylic acids is 1. The van der Waals surface area contributed by atoms with E-state index in [1.54, 1.807) is 6.08 Å². The highest BCUT2D eigenvalue weighted by atomic mass is 32.2. The first-order chi connectivity index (χ1) is 14.2. The van der Waals surface area contributed by atoms with Crippen molar-refractivity contribution in [1.82, 2.24) is 5.32 Å². The van der Waals surface area contributed by atoms with Gasteiger partial charge >= 0.3 is 0 Å². The van der Waals surface area contributed by atoms with Crippen molar-refractivity contribution >= 4 is 40.5 Å². The van der Waals surface area contributed by atoms with Gasteiger partial charge in [-0.3, -0.25) is 4.79 Å². The Morgan fingerprint density at radius 2 is 1.90 bits per heavy atom. The number of thioether (sulfide) groups is 1. The van der Waals surface area contributed by atoms with Gasteiger partial charge in [-0.05, 0) is 61.9 Å². The van der Waals surface area contributed by atoms with Crippen LogP contribution in [0.4, 0.5) is 11.6 Å². The zero-order chi connectivity index (χ0) is 20.1. The molecule has 152 valence electrons. The Balaban J connectivity index is 1.44. The number of furan rings is 1. The fourth-order valence-corrected chi connectivity index (χ4v) is 4.21. The fraction of sp³-hybridized carbons (Fsp3) is 0.364. The van der Waals surface area contributed by atoms with Gasteiger partial charge in [0.1, 0.15) is 11.5 Å². The van der Waals surface area contributed by atoms with Crippen LogP contribution in [0.2, 0.25) is 0 Å². The molecule has 1 N–H and O–H groups in total. The number of amidine groups is 1. The second-order valence-electron chi connectivity index (χ2n) is 6.99. The maximum Gasteiger partial charge on any atom is 0.264 e. The lowest BCUT2D eigenvalue weighted by Gasteiger charge is -2.18. The second kappa shape index (κ2) is 9.22. The van der Waals surface area contributed by atoms with Crippen LogP contribution >= 0.6 is 11.8 Å². The largest absolute Gasteiger partial charge is 0.494 e. The molecule has 3 heterocycles. The summed E-state index contributed by atoms with van der Waals surface area (Å²) in [5.41, 5.74) is 0.763. The highest BCUT2D eigenvalue weighted by Crippen LogP contribution is 2.30.